The maximum Gasteiger partial charge on any atom is 0.120 e. The Hall–Kier alpha value is -2.39. The van der Waals surface area contributed by atoms with Crippen LogP contribution >= 0.6 is 0 Å². The van der Waals surface area contributed by atoms with Gasteiger partial charge in [-0.15, -0.1) is 0 Å². The molecule has 0 aliphatic heterocycles. The molecule has 2 N–H and O–H groups in total. The van der Waals surface area contributed by atoms with E-state index in [0.29, 0.717) is 19.1 Å². The molecule has 160 valence electrons. The molecule has 3 heteroatoms. The van der Waals surface area contributed by atoms with Crippen LogP contribution < -0.4 is 10.5 Å². The highest BCUT2D eigenvalue weighted by Gasteiger charge is 2.16. The SMILES string of the molecule is CCCCCCc1c(CN)c(CC(C)C)nc2ccc(OCc3ccccc3)cc12. The Balaban J connectivity index is 1.95. The number of pyridine rings is 1. The summed E-state index contributed by atoms with van der Waals surface area (Å²) in [5, 5.41) is 1.20. The fourth-order valence-electron chi connectivity index (χ4n) is 4.05. The summed E-state index contributed by atoms with van der Waals surface area (Å²) in [6.45, 7) is 7.86. The molecule has 3 aromatic rings. The number of fused-ring (bicyclic) bond motifs is 1. The number of nitrogens with zero attached hydrogens (tertiary/aromatic N) is 1. The summed E-state index contributed by atoms with van der Waals surface area (Å²) in [5.41, 5.74) is 12.3. The zero-order chi connectivity index (χ0) is 21.3. The first kappa shape index (κ1) is 22.3. The van der Waals surface area contributed by atoms with E-state index >= 15 is 0 Å². The molecule has 0 fully saturated rings. The standard InChI is InChI=1S/C27H36N2O/c1-4-5-6-10-13-23-24-17-22(30-19-21-11-8-7-9-12-21)14-15-26(24)29-27(16-20(2)3)25(23)18-28/h7-9,11-12,14-15,17,20H,4-6,10,13,16,18-19,28H2,1-3H3. The van der Waals surface area contributed by atoms with Crippen LogP contribution in [0.5, 0.6) is 5.75 Å². The molecular formula is C27H36N2O. The highest BCUT2D eigenvalue weighted by Crippen LogP contribution is 2.30. The second-order valence-corrected chi connectivity index (χ2v) is 8.58. The van der Waals surface area contributed by atoms with Crippen LogP contribution in [0.2, 0.25) is 0 Å². The Bertz CT molecular complexity index is 934. The fraction of sp³-hybridized carbons (Fsp3) is 0.444. The summed E-state index contributed by atoms with van der Waals surface area (Å²) in [6.07, 6.45) is 7.00. The van der Waals surface area contributed by atoms with Gasteiger partial charge in [-0.1, -0.05) is 70.4 Å². The van der Waals surface area contributed by atoms with Gasteiger partial charge >= 0.3 is 0 Å². The van der Waals surface area contributed by atoms with Crippen molar-refractivity contribution in [1.82, 2.24) is 4.98 Å². The third-order valence-corrected chi connectivity index (χ3v) is 5.60. The lowest BCUT2D eigenvalue weighted by molar-refractivity contribution is 0.306. The van der Waals surface area contributed by atoms with Gasteiger partial charge in [-0.25, -0.2) is 0 Å². The Morgan fingerprint density at radius 3 is 2.47 bits per heavy atom. The number of ether oxygens (including phenoxy) is 1. The number of benzene rings is 2. The van der Waals surface area contributed by atoms with Gasteiger partial charge in [0.15, 0.2) is 0 Å². The Kier molecular flexibility index (Phi) is 8.27. The number of unbranched alkanes of at least 4 members (excludes halogenated alkanes) is 3. The average Bonchev–Trinajstić information content (AvgIpc) is 2.75. The van der Waals surface area contributed by atoms with Crippen LogP contribution in [0.25, 0.3) is 10.9 Å². The van der Waals surface area contributed by atoms with Gasteiger partial charge in [-0.2, -0.15) is 0 Å². The molecule has 0 unspecified atom stereocenters. The number of nitrogens with two attached hydrogens (primary N) is 1. The Morgan fingerprint density at radius 2 is 1.77 bits per heavy atom. The second-order valence-electron chi connectivity index (χ2n) is 8.58. The van der Waals surface area contributed by atoms with Crippen molar-refractivity contribution in [3.8, 4) is 5.75 Å². The minimum absolute atomic E-state index is 0.545. The molecule has 0 amide bonds. The van der Waals surface area contributed by atoms with E-state index in [9.17, 15) is 0 Å². The monoisotopic (exact) mass is 404 g/mol. The minimum Gasteiger partial charge on any atom is -0.489 e. The summed E-state index contributed by atoms with van der Waals surface area (Å²) in [7, 11) is 0. The molecule has 2 aromatic carbocycles. The van der Waals surface area contributed by atoms with E-state index in [1.807, 2.05) is 24.3 Å². The van der Waals surface area contributed by atoms with Crippen molar-refractivity contribution in [2.75, 3.05) is 0 Å². The van der Waals surface area contributed by atoms with Crippen LogP contribution in [-0.2, 0) is 26.0 Å². The predicted octanol–water partition coefficient (Wildman–Crippen LogP) is 6.59. The Labute approximate surface area is 181 Å². The van der Waals surface area contributed by atoms with Crippen molar-refractivity contribution in [3.05, 3.63) is 70.9 Å². The van der Waals surface area contributed by atoms with Crippen LogP contribution in [0.3, 0.4) is 0 Å². The second kappa shape index (κ2) is 11.1. The third-order valence-electron chi connectivity index (χ3n) is 5.60. The summed E-state index contributed by atoms with van der Waals surface area (Å²) >= 11 is 0. The third kappa shape index (κ3) is 5.82. The van der Waals surface area contributed by atoms with Crippen molar-refractivity contribution in [3.63, 3.8) is 0 Å². The maximum atomic E-state index is 6.25. The molecule has 0 aliphatic rings. The number of rotatable bonds is 11. The van der Waals surface area contributed by atoms with Gasteiger partial charge in [-0.3, -0.25) is 4.98 Å². The predicted molar refractivity (Wildman–Crippen MR) is 127 cm³/mol. The molecule has 1 heterocycles. The van der Waals surface area contributed by atoms with Gasteiger partial charge < -0.3 is 10.5 Å². The van der Waals surface area contributed by atoms with Crippen molar-refractivity contribution in [1.29, 1.82) is 0 Å². The highest BCUT2D eigenvalue weighted by atomic mass is 16.5. The Morgan fingerprint density at radius 1 is 0.967 bits per heavy atom. The zero-order valence-electron chi connectivity index (χ0n) is 18.8. The number of aromatic nitrogens is 1. The molecule has 0 spiro atoms. The van der Waals surface area contributed by atoms with E-state index in [1.165, 1.54) is 53.5 Å². The smallest absolute Gasteiger partial charge is 0.120 e. The number of aryl methyl sites for hydroxylation is 1. The van der Waals surface area contributed by atoms with Gasteiger partial charge in [0.2, 0.25) is 0 Å². The van der Waals surface area contributed by atoms with Gasteiger partial charge in [0.1, 0.15) is 12.4 Å². The van der Waals surface area contributed by atoms with Crippen LogP contribution in [-0.4, -0.2) is 4.98 Å². The molecular weight excluding hydrogens is 368 g/mol. The normalized spacial score (nSPS) is 11.4. The van der Waals surface area contributed by atoms with E-state index in [2.05, 4.69) is 45.0 Å². The lowest BCUT2D eigenvalue weighted by atomic mass is 9.92. The van der Waals surface area contributed by atoms with E-state index in [0.717, 1.165) is 24.1 Å². The van der Waals surface area contributed by atoms with E-state index < -0.39 is 0 Å². The molecule has 0 aliphatic carbocycles. The molecule has 30 heavy (non-hydrogen) atoms. The lowest BCUT2D eigenvalue weighted by Crippen LogP contribution is -2.11. The molecule has 3 nitrogen and oxygen atoms in total. The van der Waals surface area contributed by atoms with E-state index in [-0.39, 0.29) is 0 Å². The zero-order valence-corrected chi connectivity index (χ0v) is 18.8. The summed E-state index contributed by atoms with van der Waals surface area (Å²) in [4.78, 5) is 5.02. The van der Waals surface area contributed by atoms with Crippen LogP contribution in [0.1, 0.15) is 68.8 Å². The van der Waals surface area contributed by atoms with Crippen molar-refractivity contribution >= 4 is 10.9 Å². The maximum absolute atomic E-state index is 6.25. The topological polar surface area (TPSA) is 48.1 Å². The van der Waals surface area contributed by atoms with E-state index in [4.69, 9.17) is 15.5 Å². The summed E-state index contributed by atoms with van der Waals surface area (Å²) < 4.78 is 6.11. The van der Waals surface area contributed by atoms with Crippen LogP contribution in [0.15, 0.2) is 48.5 Å². The lowest BCUT2D eigenvalue weighted by Gasteiger charge is -2.18. The van der Waals surface area contributed by atoms with Gasteiger partial charge in [0.05, 0.1) is 5.52 Å². The average molecular weight is 405 g/mol. The fourth-order valence-corrected chi connectivity index (χ4v) is 4.05. The molecule has 1 aromatic heterocycles. The van der Waals surface area contributed by atoms with E-state index in [1.54, 1.807) is 0 Å². The van der Waals surface area contributed by atoms with Crippen molar-refractivity contribution in [2.45, 2.75) is 72.4 Å². The first-order chi connectivity index (χ1) is 14.6. The minimum atomic E-state index is 0.545. The van der Waals surface area contributed by atoms with Gasteiger partial charge in [0, 0.05) is 17.6 Å². The number of hydrogen-bond acceptors (Lipinski definition) is 3. The van der Waals surface area contributed by atoms with Crippen LogP contribution in [0, 0.1) is 5.92 Å². The molecule has 0 radical (unpaired) electrons. The number of hydrogen-bond donors (Lipinski definition) is 1. The van der Waals surface area contributed by atoms with Gasteiger partial charge in [-0.05, 0) is 60.1 Å². The first-order valence-corrected chi connectivity index (χ1v) is 11.4. The summed E-state index contributed by atoms with van der Waals surface area (Å²) in [6, 6.07) is 16.6. The molecule has 0 saturated carbocycles. The molecule has 0 saturated heterocycles. The summed E-state index contributed by atoms with van der Waals surface area (Å²) in [5.74, 6) is 1.45. The highest BCUT2D eigenvalue weighted by molar-refractivity contribution is 5.85. The van der Waals surface area contributed by atoms with Gasteiger partial charge in [0.25, 0.3) is 0 Å². The molecule has 0 bridgehead atoms. The largest absolute Gasteiger partial charge is 0.489 e. The molecule has 3 rings (SSSR count). The van der Waals surface area contributed by atoms with Crippen molar-refractivity contribution in [2.24, 2.45) is 11.7 Å². The molecule has 0 atom stereocenters. The quantitative estimate of drug-likeness (QED) is 0.367. The van der Waals surface area contributed by atoms with Crippen molar-refractivity contribution < 1.29 is 4.74 Å². The van der Waals surface area contributed by atoms with Crippen LogP contribution in [0.4, 0.5) is 0 Å². The first-order valence-electron chi connectivity index (χ1n) is 11.4.